The number of amides is 1. The second-order valence-corrected chi connectivity index (χ2v) is 6.03. The number of hydrogen-bond acceptors (Lipinski definition) is 3. The molecule has 4 nitrogen and oxygen atoms in total. The van der Waals surface area contributed by atoms with Crippen LogP contribution in [-0.4, -0.2) is 25.0 Å². The molecule has 0 heterocycles. The molecule has 22 heavy (non-hydrogen) atoms. The van der Waals surface area contributed by atoms with Crippen molar-refractivity contribution < 1.29 is 14.3 Å². The quantitative estimate of drug-likeness (QED) is 0.574. The van der Waals surface area contributed by atoms with Gasteiger partial charge in [0.25, 0.3) is 5.91 Å². The van der Waals surface area contributed by atoms with E-state index in [0.717, 1.165) is 9.26 Å². The number of carbonyl (C=O) groups excluding carboxylic acids is 2. The smallest absolute Gasteiger partial charge is 0.338 e. The summed E-state index contributed by atoms with van der Waals surface area (Å²) in [6.07, 6.45) is -0.850. The number of carbonyl (C=O) groups is 2. The van der Waals surface area contributed by atoms with Crippen molar-refractivity contribution in [3.05, 3.63) is 63.7 Å². The third-order valence-electron chi connectivity index (χ3n) is 3.19. The second-order valence-electron chi connectivity index (χ2n) is 4.79. The molecule has 0 aliphatic rings. The number of para-hydroxylation sites is 1. The van der Waals surface area contributed by atoms with Crippen LogP contribution in [0.4, 0.5) is 5.69 Å². The van der Waals surface area contributed by atoms with E-state index in [9.17, 15) is 9.59 Å². The van der Waals surface area contributed by atoms with Crippen molar-refractivity contribution in [3.63, 3.8) is 0 Å². The zero-order valence-corrected chi connectivity index (χ0v) is 14.5. The minimum atomic E-state index is -0.850. The van der Waals surface area contributed by atoms with Gasteiger partial charge in [-0.3, -0.25) is 4.79 Å². The Hall–Kier alpha value is -1.89. The molecule has 1 atom stereocenters. The Morgan fingerprint density at radius 2 is 1.64 bits per heavy atom. The summed E-state index contributed by atoms with van der Waals surface area (Å²) in [4.78, 5) is 25.8. The fraction of sp³-hybridized carbons (Fsp3) is 0.176. The summed E-state index contributed by atoms with van der Waals surface area (Å²) >= 11 is 2.16. The van der Waals surface area contributed by atoms with E-state index in [4.69, 9.17) is 4.74 Å². The molecule has 0 aliphatic carbocycles. The summed E-state index contributed by atoms with van der Waals surface area (Å²) in [6, 6.07) is 16.2. The number of likely N-dealkylation sites (N-methyl/N-ethyl adjacent to an activating group) is 1. The van der Waals surface area contributed by atoms with E-state index in [-0.39, 0.29) is 5.91 Å². The summed E-state index contributed by atoms with van der Waals surface area (Å²) < 4.78 is 6.28. The Labute approximate surface area is 143 Å². The summed E-state index contributed by atoms with van der Waals surface area (Å²) in [7, 11) is 1.66. The molecule has 2 aromatic carbocycles. The predicted molar refractivity (Wildman–Crippen MR) is 93.9 cm³/mol. The van der Waals surface area contributed by atoms with E-state index in [1.54, 1.807) is 26.1 Å². The third-order valence-corrected chi connectivity index (χ3v) is 3.90. The van der Waals surface area contributed by atoms with E-state index in [0.29, 0.717) is 5.56 Å². The highest BCUT2D eigenvalue weighted by Gasteiger charge is 2.22. The number of benzene rings is 2. The van der Waals surface area contributed by atoms with Gasteiger partial charge in [0, 0.05) is 16.3 Å². The molecular formula is C17H16INO3. The normalized spacial score (nSPS) is 11.6. The fourth-order valence-corrected chi connectivity index (χ4v) is 2.28. The van der Waals surface area contributed by atoms with Gasteiger partial charge in [-0.1, -0.05) is 18.2 Å². The number of halogens is 1. The lowest BCUT2D eigenvalue weighted by Crippen LogP contribution is -2.37. The maximum absolute atomic E-state index is 12.3. The lowest BCUT2D eigenvalue weighted by molar-refractivity contribution is -0.126. The summed E-state index contributed by atoms with van der Waals surface area (Å²) in [6.45, 7) is 1.58. The van der Waals surface area contributed by atoms with Gasteiger partial charge in [0.2, 0.25) is 0 Å². The highest BCUT2D eigenvalue weighted by atomic mass is 127. The van der Waals surface area contributed by atoms with Gasteiger partial charge in [0.1, 0.15) is 0 Å². The molecule has 1 amide bonds. The first-order valence-corrected chi connectivity index (χ1v) is 7.86. The molecular weight excluding hydrogens is 393 g/mol. The van der Waals surface area contributed by atoms with Crippen molar-refractivity contribution in [2.75, 3.05) is 11.9 Å². The van der Waals surface area contributed by atoms with Crippen LogP contribution < -0.4 is 4.90 Å². The van der Waals surface area contributed by atoms with E-state index in [2.05, 4.69) is 22.6 Å². The topological polar surface area (TPSA) is 46.6 Å². The van der Waals surface area contributed by atoms with Crippen molar-refractivity contribution in [2.45, 2.75) is 13.0 Å². The Balaban J connectivity index is 2.02. The fourth-order valence-electron chi connectivity index (χ4n) is 1.92. The molecule has 5 heteroatoms. The molecule has 0 spiro atoms. The van der Waals surface area contributed by atoms with Crippen LogP contribution in [0, 0.1) is 3.57 Å². The van der Waals surface area contributed by atoms with Gasteiger partial charge in [0.05, 0.1) is 5.56 Å². The van der Waals surface area contributed by atoms with E-state index in [1.807, 2.05) is 42.5 Å². The van der Waals surface area contributed by atoms with E-state index < -0.39 is 12.1 Å². The van der Waals surface area contributed by atoms with Crippen LogP contribution in [0.15, 0.2) is 54.6 Å². The average Bonchev–Trinajstić information content (AvgIpc) is 2.54. The van der Waals surface area contributed by atoms with Crippen molar-refractivity contribution in [1.29, 1.82) is 0 Å². The monoisotopic (exact) mass is 409 g/mol. The third kappa shape index (κ3) is 4.07. The highest BCUT2D eigenvalue weighted by Crippen LogP contribution is 2.14. The number of ether oxygens (including phenoxy) is 1. The first-order valence-electron chi connectivity index (χ1n) is 6.78. The molecule has 0 saturated carbocycles. The standard InChI is InChI=1S/C17H16INO3/c1-12(16(20)19(2)15-6-4-3-5-7-15)22-17(21)13-8-10-14(18)11-9-13/h3-12H,1-2H3/t12-/m0/s1. The Kier molecular flexibility index (Phi) is 5.54. The van der Waals surface area contributed by atoms with Gasteiger partial charge in [-0.05, 0) is 65.9 Å². The lowest BCUT2D eigenvalue weighted by atomic mass is 10.2. The molecule has 0 fully saturated rings. The Morgan fingerprint density at radius 3 is 2.23 bits per heavy atom. The van der Waals surface area contributed by atoms with Gasteiger partial charge < -0.3 is 9.64 Å². The van der Waals surface area contributed by atoms with Gasteiger partial charge in [-0.15, -0.1) is 0 Å². The van der Waals surface area contributed by atoms with Gasteiger partial charge in [-0.2, -0.15) is 0 Å². The number of hydrogen-bond donors (Lipinski definition) is 0. The molecule has 0 aliphatic heterocycles. The molecule has 0 unspecified atom stereocenters. The van der Waals surface area contributed by atoms with Crippen molar-refractivity contribution >= 4 is 40.2 Å². The average molecular weight is 409 g/mol. The molecule has 0 bridgehead atoms. The highest BCUT2D eigenvalue weighted by molar-refractivity contribution is 14.1. The molecule has 2 aromatic rings. The zero-order valence-electron chi connectivity index (χ0n) is 12.3. The van der Waals surface area contributed by atoms with E-state index >= 15 is 0 Å². The minimum absolute atomic E-state index is 0.273. The van der Waals surface area contributed by atoms with Crippen LogP contribution in [0.25, 0.3) is 0 Å². The van der Waals surface area contributed by atoms with Crippen LogP contribution in [-0.2, 0) is 9.53 Å². The molecule has 0 saturated heterocycles. The summed E-state index contributed by atoms with van der Waals surface area (Å²) in [5.41, 5.74) is 1.19. The van der Waals surface area contributed by atoms with Crippen molar-refractivity contribution in [1.82, 2.24) is 0 Å². The number of rotatable bonds is 4. The number of nitrogens with zero attached hydrogens (tertiary/aromatic N) is 1. The van der Waals surface area contributed by atoms with Crippen LogP contribution >= 0.6 is 22.6 Å². The minimum Gasteiger partial charge on any atom is -0.449 e. The van der Waals surface area contributed by atoms with E-state index in [1.165, 1.54) is 4.90 Å². The number of esters is 1. The first kappa shape index (κ1) is 16.5. The second kappa shape index (κ2) is 7.40. The van der Waals surface area contributed by atoms with Crippen molar-refractivity contribution in [3.8, 4) is 0 Å². The lowest BCUT2D eigenvalue weighted by Gasteiger charge is -2.21. The van der Waals surface area contributed by atoms with Crippen LogP contribution in [0.5, 0.6) is 0 Å². The largest absolute Gasteiger partial charge is 0.449 e. The maximum atomic E-state index is 12.3. The zero-order chi connectivity index (χ0) is 16.1. The maximum Gasteiger partial charge on any atom is 0.338 e. The summed E-state index contributed by atoms with van der Waals surface area (Å²) in [5, 5.41) is 0. The molecule has 0 N–H and O–H groups in total. The summed E-state index contributed by atoms with van der Waals surface area (Å²) in [5.74, 6) is -0.774. The van der Waals surface area contributed by atoms with Crippen LogP contribution in [0.1, 0.15) is 17.3 Å². The SMILES string of the molecule is C[C@H](OC(=O)c1ccc(I)cc1)C(=O)N(C)c1ccccc1. The molecule has 0 aromatic heterocycles. The van der Waals surface area contributed by atoms with Crippen LogP contribution in [0.3, 0.4) is 0 Å². The first-order chi connectivity index (χ1) is 10.5. The number of anilines is 1. The molecule has 2 rings (SSSR count). The molecule has 114 valence electrons. The van der Waals surface area contributed by atoms with Crippen molar-refractivity contribution in [2.24, 2.45) is 0 Å². The predicted octanol–water partition coefficient (Wildman–Crippen LogP) is 3.50. The van der Waals surface area contributed by atoms with Gasteiger partial charge >= 0.3 is 5.97 Å². The Morgan fingerprint density at radius 1 is 1.05 bits per heavy atom. The molecule has 0 radical (unpaired) electrons. The van der Waals surface area contributed by atoms with Gasteiger partial charge in [-0.25, -0.2) is 4.79 Å². The Bertz CT molecular complexity index is 655. The van der Waals surface area contributed by atoms with Crippen LogP contribution in [0.2, 0.25) is 0 Å². The van der Waals surface area contributed by atoms with Gasteiger partial charge in [0.15, 0.2) is 6.10 Å².